The van der Waals surface area contributed by atoms with Crippen LogP contribution in [-0.2, 0) is 14.8 Å². The number of rotatable bonds is 10. The summed E-state index contributed by atoms with van der Waals surface area (Å²) in [6.45, 7) is 1.59. The van der Waals surface area contributed by atoms with Gasteiger partial charge in [-0.15, -0.1) is 0 Å². The number of carbonyl (C=O) groups is 1. The van der Waals surface area contributed by atoms with Gasteiger partial charge in [0.2, 0.25) is 10.0 Å². The highest BCUT2D eigenvalue weighted by atomic mass is 32.2. The molecule has 0 aliphatic heterocycles. The highest BCUT2D eigenvalue weighted by Gasteiger charge is 2.23. The summed E-state index contributed by atoms with van der Waals surface area (Å²) in [5, 5.41) is 14.6. The number of hydrazone groups is 1. The third kappa shape index (κ3) is 6.19. The minimum Gasteiger partial charge on any atom is -0.492 e. The maximum atomic E-state index is 12.4. The third-order valence-corrected chi connectivity index (χ3v) is 5.62. The summed E-state index contributed by atoms with van der Waals surface area (Å²) in [7, 11) is -3.79. The van der Waals surface area contributed by atoms with Crippen LogP contribution in [0.3, 0.4) is 0 Å². The molecule has 0 atom stereocenters. The molecule has 3 aromatic rings. The number of benzene rings is 2. The second kappa shape index (κ2) is 10.6. The molecule has 0 spiro atoms. The summed E-state index contributed by atoms with van der Waals surface area (Å²) < 4.78 is 36.6. The number of hydrogen-bond acceptors (Lipinski definition) is 8. The van der Waals surface area contributed by atoms with E-state index >= 15 is 0 Å². The Hall–Kier alpha value is -4.19. The van der Waals surface area contributed by atoms with E-state index in [4.69, 9.17) is 9.15 Å². The SMILES string of the molecule is CCOc1ccccc1N(CC(=O)N/N=C\c1ccc(-c2ccc([N+](=O)[O-])cc2)o1)S(C)(=O)=O. The number of amides is 1. The number of anilines is 1. The molecule has 0 saturated carbocycles. The minimum absolute atomic E-state index is 0.0354. The van der Waals surface area contributed by atoms with Crippen LogP contribution in [0.2, 0.25) is 0 Å². The van der Waals surface area contributed by atoms with Crippen LogP contribution >= 0.6 is 0 Å². The van der Waals surface area contributed by atoms with Crippen molar-refractivity contribution in [1.82, 2.24) is 5.43 Å². The lowest BCUT2D eigenvalue weighted by Gasteiger charge is -2.23. The Kier molecular flexibility index (Phi) is 7.64. The van der Waals surface area contributed by atoms with E-state index in [1.807, 2.05) is 0 Å². The fourth-order valence-corrected chi connectivity index (χ4v) is 3.84. The summed E-state index contributed by atoms with van der Waals surface area (Å²) in [5.41, 5.74) is 3.11. The Morgan fingerprint density at radius 1 is 1.18 bits per heavy atom. The van der Waals surface area contributed by atoms with Gasteiger partial charge in [0.05, 0.1) is 29.7 Å². The molecule has 0 fully saturated rings. The predicted octanol–water partition coefficient (Wildman–Crippen LogP) is 3.17. The van der Waals surface area contributed by atoms with Gasteiger partial charge in [0.15, 0.2) is 0 Å². The van der Waals surface area contributed by atoms with Crippen LogP contribution < -0.4 is 14.5 Å². The van der Waals surface area contributed by atoms with Crippen LogP contribution in [0.25, 0.3) is 11.3 Å². The van der Waals surface area contributed by atoms with Gasteiger partial charge in [-0.1, -0.05) is 12.1 Å². The highest BCUT2D eigenvalue weighted by molar-refractivity contribution is 7.92. The predicted molar refractivity (Wildman–Crippen MR) is 126 cm³/mol. The van der Waals surface area contributed by atoms with Crippen molar-refractivity contribution < 1.29 is 27.3 Å². The summed E-state index contributed by atoms with van der Waals surface area (Å²) in [6.07, 6.45) is 2.25. The molecule has 1 amide bonds. The van der Waals surface area contributed by atoms with E-state index in [1.165, 1.54) is 18.3 Å². The Morgan fingerprint density at radius 2 is 1.88 bits per heavy atom. The van der Waals surface area contributed by atoms with Gasteiger partial charge in [-0.3, -0.25) is 19.2 Å². The number of carbonyl (C=O) groups excluding carboxylic acids is 1. The van der Waals surface area contributed by atoms with E-state index < -0.39 is 27.4 Å². The lowest BCUT2D eigenvalue weighted by atomic mass is 10.1. The number of nitrogens with one attached hydrogen (secondary N) is 1. The normalized spacial score (nSPS) is 11.4. The Morgan fingerprint density at radius 3 is 2.53 bits per heavy atom. The summed E-state index contributed by atoms with van der Waals surface area (Å²) in [5.74, 6) is 0.435. The number of nitro benzene ring substituents is 1. The number of nitro groups is 1. The standard InChI is InChI=1S/C22H22N4O7S/c1-3-32-21-7-5-4-6-19(21)25(34(2,30)31)15-22(27)24-23-14-18-12-13-20(33-18)16-8-10-17(11-9-16)26(28)29/h4-14H,3,15H2,1-2H3,(H,24,27)/b23-14-. The summed E-state index contributed by atoms with van der Waals surface area (Å²) in [4.78, 5) is 22.7. The van der Waals surface area contributed by atoms with E-state index in [0.29, 0.717) is 29.4 Å². The van der Waals surface area contributed by atoms with Crippen molar-refractivity contribution in [3.63, 3.8) is 0 Å². The molecule has 0 saturated heterocycles. The van der Waals surface area contributed by atoms with Crippen molar-refractivity contribution in [3.05, 3.63) is 76.5 Å². The first-order valence-electron chi connectivity index (χ1n) is 10.0. The van der Waals surface area contributed by atoms with Gasteiger partial charge in [-0.05, 0) is 43.3 Å². The molecule has 0 aliphatic carbocycles. The van der Waals surface area contributed by atoms with E-state index in [2.05, 4.69) is 10.5 Å². The number of hydrogen-bond donors (Lipinski definition) is 1. The van der Waals surface area contributed by atoms with Crippen LogP contribution in [0, 0.1) is 10.1 Å². The molecule has 178 valence electrons. The Balaban J connectivity index is 1.67. The highest BCUT2D eigenvalue weighted by Crippen LogP contribution is 2.29. The first-order valence-corrected chi connectivity index (χ1v) is 11.9. The molecule has 0 aliphatic rings. The second-order valence-electron chi connectivity index (χ2n) is 6.97. The lowest BCUT2D eigenvalue weighted by molar-refractivity contribution is -0.384. The fourth-order valence-electron chi connectivity index (χ4n) is 2.98. The topological polar surface area (TPSA) is 144 Å². The lowest BCUT2D eigenvalue weighted by Crippen LogP contribution is -2.39. The number of furan rings is 1. The van der Waals surface area contributed by atoms with Crippen LogP contribution in [0.1, 0.15) is 12.7 Å². The minimum atomic E-state index is -3.79. The molecule has 0 radical (unpaired) electrons. The summed E-state index contributed by atoms with van der Waals surface area (Å²) >= 11 is 0. The molecule has 1 heterocycles. The molecular weight excluding hydrogens is 464 g/mol. The second-order valence-corrected chi connectivity index (χ2v) is 8.88. The zero-order valence-electron chi connectivity index (χ0n) is 18.4. The molecule has 1 N–H and O–H groups in total. The van der Waals surface area contributed by atoms with Gasteiger partial charge in [-0.2, -0.15) is 5.10 Å². The number of non-ortho nitro benzene ring substituents is 1. The molecule has 12 heteroatoms. The van der Waals surface area contributed by atoms with Crippen LogP contribution in [0.5, 0.6) is 5.75 Å². The smallest absolute Gasteiger partial charge is 0.269 e. The number of nitrogens with zero attached hydrogens (tertiary/aromatic N) is 3. The number of para-hydroxylation sites is 2. The van der Waals surface area contributed by atoms with Gasteiger partial charge < -0.3 is 9.15 Å². The zero-order valence-corrected chi connectivity index (χ0v) is 19.2. The van der Waals surface area contributed by atoms with Crippen molar-refractivity contribution in [3.8, 4) is 17.1 Å². The van der Waals surface area contributed by atoms with E-state index in [-0.39, 0.29) is 11.4 Å². The molecule has 3 rings (SSSR count). The average Bonchev–Trinajstić information content (AvgIpc) is 3.26. The molecule has 11 nitrogen and oxygen atoms in total. The maximum absolute atomic E-state index is 12.4. The Bertz CT molecular complexity index is 1300. The van der Waals surface area contributed by atoms with Gasteiger partial charge in [0, 0.05) is 17.7 Å². The average molecular weight is 487 g/mol. The molecule has 34 heavy (non-hydrogen) atoms. The number of ether oxygens (including phenoxy) is 1. The van der Waals surface area contributed by atoms with Crippen molar-refractivity contribution >= 4 is 33.5 Å². The number of sulfonamides is 1. The van der Waals surface area contributed by atoms with Crippen molar-refractivity contribution in [2.75, 3.05) is 23.7 Å². The quantitative estimate of drug-likeness (QED) is 0.263. The maximum Gasteiger partial charge on any atom is 0.269 e. The molecule has 0 unspecified atom stereocenters. The zero-order chi connectivity index (χ0) is 24.7. The van der Waals surface area contributed by atoms with Crippen LogP contribution in [-0.4, -0.2) is 44.9 Å². The molecular formula is C22H22N4O7S. The van der Waals surface area contributed by atoms with E-state index in [0.717, 1.165) is 10.6 Å². The van der Waals surface area contributed by atoms with Gasteiger partial charge >= 0.3 is 0 Å². The third-order valence-electron chi connectivity index (χ3n) is 4.49. The van der Waals surface area contributed by atoms with E-state index in [9.17, 15) is 23.3 Å². The van der Waals surface area contributed by atoms with Gasteiger partial charge in [0.25, 0.3) is 11.6 Å². The van der Waals surface area contributed by atoms with Crippen LogP contribution in [0.15, 0.2) is 70.2 Å². The monoisotopic (exact) mass is 486 g/mol. The van der Waals surface area contributed by atoms with Crippen molar-refractivity contribution in [1.29, 1.82) is 0 Å². The first-order chi connectivity index (χ1) is 16.2. The largest absolute Gasteiger partial charge is 0.492 e. The van der Waals surface area contributed by atoms with Gasteiger partial charge in [0.1, 0.15) is 23.8 Å². The molecule has 1 aromatic heterocycles. The first kappa shape index (κ1) is 24.5. The molecule has 0 bridgehead atoms. The van der Waals surface area contributed by atoms with Gasteiger partial charge in [-0.25, -0.2) is 13.8 Å². The fraction of sp³-hybridized carbons (Fsp3) is 0.182. The molecule has 2 aromatic carbocycles. The Labute approximate surface area is 195 Å². The van der Waals surface area contributed by atoms with Crippen molar-refractivity contribution in [2.24, 2.45) is 5.10 Å². The van der Waals surface area contributed by atoms with E-state index in [1.54, 1.807) is 55.5 Å². The van der Waals surface area contributed by atoms with Crippen LogP contribution in [0.4, 0.5) is 11.4 Å². The summed E-state index contributed by atoms with van der Waals surface area (Å²) in [6, 6.07) is 15.6. The van der Waals surface area contributed by atoms with Crippen molar-refractivity contribution in [2.45, 2.75) is 6.92 Å².